The molecule has 21 heavy (non-hydrogen) atoms. The molecule has 1 N–H and O–H groups in total. The smallest absolute Gasteiger partial charge is 0.294 e. The number of rotatable bonds is 6. The highest BCUT2D eigenvalue weighted by Crippen LogP contribution is 2.29. The maximum Gasteiger partial charge on any atom is 0.294 e. The number of Topliss-reactive ketones (excluding diaryl/α,β-unsaturated/α-hetero) is 1. The number of nitrogens with one attached hydrogen (secondary N) is 1. The summed E-state index contributed by atoms with van der Waals surface area (Å²) in [5, 5.41) is 0.675. The van der Waals surface area contributed by atoms with Crippen molar-refractivity contribution in [1.29, 1.82) is 0 Å². The second-order valence-electron chi connectivity index (χ2n) is 5.11. The Labute approximate surface area is 123 Å². The quantitative estimate of drug-likeness (QED) is 0.505. The molecule has 0 bridgehead atoms. The summed E-state index contributed by atoms with van der Waals surface area (Å²) < 4.78 is 5.75. The van der Waals surface area contributed by atoms with Crippen LogP contribution in [-0.2, 0) is 4.79 Å². The average molecular weight is 288 g/mol. The Kier molecular flexibility index (Phi) is 4.62. The maximum atomic E-state index is 12.3. The van der Waals surface area contributed by atoms with Crippen molar-refractivity contribution in [3.05, 3.63) is 30.0 Å². The third-order valence-electron chi connectivity index (χ3n) is 3.27. The topological polar surface area (TPSA) is 62.4 Å². The number of likely N-dealkylation sites (N-methyl/N-ethyl adjacent to an activating group) is 1. The summed E-state index contributed by atoms with van der Waals surface area (Å²) in [5.74, 6) is -0.436. The van der Waals surface area contributed by atoms with Gasteiger partial charge in [0.15, 0.2) is 0 Å². The molecular weight excluding hydrogens is 268 g/mol. The molecule has 0 fully saturated rings. The van der Waals surface area contributed by atoms with Crippen LogP contribution in [-0.4, -0.2) is 42.3 Å². The van der Waals surface area contributed by atoms with Gasteiger partial charge in [-0.3, -0.25) is 9.59 Å². The molecule has 5 nitrogen and oxygen atoms in total. The van der Waals surface area contributed by atoms with Gasteiger partial charge in [0.25, 0.3) is 11.7 Å². The molecular formula is C16H20N2O3. The Morgan fingerprint density at radius 3 is 2.71 bits per heavy atom. The first kappa shape index (κ1) is 15.1. The van der Waals surface area contributed by atoms with Crippen molar-refractivity contribution in [3.8, 4) is 5.75 Å². The van der Waals surface area contributed by atoms with Gasteiger partial charge in [-0.15, -0.1) is 0 Å². The Bertz CT molecular complexity index is 659. The molecule has 2 aromatic rings. The van der Waals surface area contributed by atoms with Gasteiger partial charge in [-0.25, -0.2) is 0 Å². The SMILES string of the molecule is CCCCOc1cccc2[nH]cc(C(=O)C(=O)N(C)C)c12. The minimum Gasteiger partial charge on any atom is -0.493 e. The third kappa shape index (κ3) is 3.07. The molecule has 0 saturated heterocycles. The zero-order valence-electron chi connectivity index (χ0n) is 12.6. The van der Waals surface area contributed by atoms with E-state index in [1.165, 1.54) is 4.90 Å². The number of aromatic amines is 1. The van der Waals surface area contributed by atoms with Gasteiger partial charge >= 0.3 is 0 Å². The third-order valence-corrected chi connectivity index (χ3v) is 3.27. The van der Waals surface area contributed by atoms with Gasteiger partial charge < -0.3 is 14.6 Å². The summed E-state index contributed by atoms with van der Waals surface area (Å²) in [6.45, 7) is 2.68. The Morgan fingerprint density at radius 2 is 2.05 bits per heavy atom. The van der Waals surface area contributed by atoms with E-state index >= 15 is 0 Å². The second kappa shape index (κ2) is 6.43. The van der Waals surface area contributed by atoms with E-state index in [1.807, 2.05) is 18.2 Å². The van der Waals surface area contributed by atoms with Crippen LogP contribution in [0.25, 0.3) is 10.9 Å². The van der Waals surface area contributed by atoms with Gasteiger partial charge in [-0.2, -0.15) is 0 Å². The standard InChI is InChI=1S/C16H20N2O3/c1-4-5-9-21-13-8-6-7-12-14(13)11(10-17-12)15(19)16(20)18(2)3/h6-8,10,17H,4-5,9H2,1-3H3. The minimum atomic E-state index is -0.542. The average Bonchev–Trinajstić information content (AvgIpc) is 2.90. The highest BCUT2D eigenvalue weighted by Gasteiger charge is 2.23. The highest BCUT2D eigenvalue weighted by atomic mass is 16.5. The van der Waals surface area contributed by atoms with Crippen LogP contribution in [0.3, 0.4) is 0 Å². The van der Waals surface area contributed by atoms with Crippen LogP contribution in [0.15, 0.2) is 24.4 Å². The van der Waals surface area contributed by atoms with Crippen molar-refractivity contribution in [2.45, 2.75) is 19.8 Å². The van der Waals surface area contributed by atoms with E-state index in [2.05, 4.69) is 11.9 Å². The van der Waals surface area contributed by atoms with Crippen LogP contribution in [0.1, 0.15) is 30.1 Å². The maximum absolute atomic E-state index is 12.3. The minimum absolute atomic E-state index is 0.357. The van der Waals surface area contributed by atoms with Crippen molar-refractivity contribution in [2.24, 2.45) is 0 Å². The number of benzene rings is 1. The number of carbonyl (C=O) groups is 2. The van der Waals surface area contributed by atoms with Gasteiger partial charge in [-0.1, -0.05) is 19.4 Å². The molecule has 0 aliphatic rings. The lowest BCUT2D eigenvalue weighted by Gasteiger charge is -2.10. The lowest BCUT2D eigenvalue weighted by Crippen LogP contribution is -2.29. The van der Waals surface area contributed by atoms with Crippen LogP contribution in [0.2, 0.25) is 0 Å². The van der Waals surface area contributed by atoms with Crippen LogP contribution in [0.5, 0.6) is 5.75 Å². The van der Waals surface area contributed by atoms with E-state index in [9.17, 15) is 9.59 Å². The molecule has 1 aromatic heterocycles. The van der Waals surface area contributed by atoms with Crippen LogP contribution in [0.4, 0.5) is 0 Å². The molecule has 1 heterocycles. The molecule has 1 aromatic carbocycles. The summed E-state index contributed by atoms with van der Waals surface area (Å²) in [4.78, 5) is 28.5. The fourth-order valence-corrected chi connectivity index (χ4v) is 2.10. The molecule has 2 rings (SSSR count). The molecule has 0 aliphatic carbocycles. The number of unbranched alkanes of at least 4 members (excludes halogenated alkanes) is 1. The zero-order valence-corrected chi connectivity index (χ0v) is 12.6. The number of ether oxygens (including phenoxy) is 1. The summed E-state index contributed by atoms with van der Waals surface area (Å²) in [6, 6.07) is 5.55. The second-order valence-corrected chi connectivity index (χ2v) is 5.11. The van der Waals surface area contributed by atoms with Crippen molar-refractivity contribution >= 4 is 22.6 Å². The molecule has 0 saturated carbocycles. The van der Waals surface area contributed by atoms with Gasteiger partial charge in [0.2, 0.25) is 0 Å². The summed E-state index contributed by atoms with van der Waals surface area (Å²) in [6.07, 6.45) is 3.55. The number of hydrogen-bond donors (Lipinski definition) is 1. The first-order valence-corrected chi connectivity index (χ1v) is 7.05. The fraction of sp³-hybridized carbons (Fsp3) is 0.375. The first-order valence-electron chi connectivity index (χ1n) is 7.05. The monoisotopic (exact) mass is 288 g/mol. The summed E-state index contributed by atoms with van der Waals surface area (Å²) in [5.41, 5.74) is 1.15. The van der Waals surface area contributed by atoms with Gasteiger partial charge in [0.1, 0.15) is 5.75 Å². The lowest BCUT2D eigenvalue weighted by molar-refractivity contribution is -0.124. The van der Waals surface area contributed by atoms with E-state index in [0.717, 1.165) is 18.4 Å². The van der Waals surface area contributed by atoms with E-state index < -0.39 is 11.7 Å². The van der Waals surface area contributed by atoms with E-state index in [4.69, 9.17) is 4.74 Å². The number of fused-ring (bicyclic) bond motifs is 1. The number of hydrogen-bond acceptors (Lipinski definition) is 3. The molecule has 0 aliphatic heterocycles. The van der Waals surface area contributed by atoms with Crippen molar-refractivity contribution in [1.82, 2.24) is 9.88 Å². The van der Waals surface area contributed by atoms with Crippen LogP contribution >= 0.6 is 0 Å². The first-order chi connectivity index (χ1) is 10.1. The Hall–Kier alpha value is -2.30. The highest BCUT2D eigenvalue weighted by molar-refractivity contribution is 6.45. The fourth-order valence-electron chi connectivity index (χ4n) is 2.10. The van der Waals surface area contributed by atoms with Gasteiger partial charge in [0.05, 0.1) is 17.6 Å². The normalized spacial score (nSPS) is 10.6. The number of aromatic nitrogens is 1. The predicted molar refractivity (Wildman–Crippen MR) is 81.7 cm³/mol. The number of nitrogens with zero attached hydrogens (tertiary/aromatic N) is 1. The molecule has 1 amide bonds. The van der Waals surface area contributed by atoms with Gasteiger partial charge in [-0.05, 0) is 18.6 Å². The molecule has 5 heteroatoms. The molecule has 0 atom stereocenters. The lowest BCUT2D eigenvalue weighted by atomic mass is 10.1. The van der Waals surface area contributed by atoms with Crippen molar-refractivity contribution in [2.75, 3.05) is 20.7 Å². The van der Waals surface area contributed by atoms with Crippen LogP contribution < -0.4 is 4.74 Å². The molecule has 112 valence electrons. The summed E-state index contributed by atoms with van der Waals surface area (Å²) >= 11 is 0. The van der Waals surface area contributed by atoms with E-state index in [0.29, 0.717) is 23.3 Å². The molecule has 0 spiro atoms. The van der Waals surface area contributed by atoms with E-state index in [-0.39, 0.29) is 0 Å². The Balaban J connectivity index is 2.41. The largest absolute Gasteiger partial charge is 0.493 e. The molecule has 0 unspecified atom stereocenters. The van der Waals surface area contributed by atoms with Gasteiger partial charge in [0, 0.05) is 25.8 Å². The van der Waals surface area contributed by atoms with Crippen molar-refractivity contribution < 1.29 is 14.3 Å². The number of amides is 1. The number of carbonyl (C=O) groups excluding carboxylic acids is 2. The number of H-pyrrole nitrogens is 1. The van der Waals surface area contributed by atoms with E-state index in [1.54, 1.807) is 20.3 Å². The summed E-state index contributed by atoms with van der Waals surface area (Å²) in [7, 11) is 3.13. The zero-order chi connectivity index (χ0) is 15.4. The molecule has 0 radical (unpaired) electrons. The van der Waals surface area contributed by atoms with Crippen molar-refractivity contribution in [3.63, 3.8) is 0 Å². The predicted octanol–water partition coefficient (Wildman–Crippen LogP) is 2.62. The number of ketones is 1. The Morgan fingerprint density at radius 1 is 1.29 bits per heavy atom. The van der Waals surface area contributed by atoms with Crippen LogP contribution in [0, 0.1) is 0 Å².